The summed E-state index contributed by atoms with van der Waals surface area (Å²) in [6.07, 6.45) is -3.46. The molecule has 1 N–H and O–H groups in total. The maximum atomic E-state index is 11.9. The number of hydrogen-bond acceptors (Lipinski definition) is 3. The van der Waals surface area contributed by atoms with Crippen molar-refractivity contribution in [2.24, 2.45) is 5.92 Å². The summed E-state index contributed by atoms with van der Waals surface area (Å²) < 4.78 is 40.0. The number of nitrogens with zero attached hydrogens (tertiary/aromatic N) is 1. The van der Waals surface area contributed by atoms with Gasteiger partial charge in [0.05, 0.1) is 0 Å². The van der Waals surface area contributed by atoms with E-state index in [1.165, 1.54) is 0 Å². The van der Waals surface area contributed by atoms with Crippen LogP contribution in [0.5, 0.6) is 0 Å². The lowest BCUT2D eigenvalue weighted by Crippen LogP contribution is -2.34. The molecule has 1 aliphatic rings. The monoisotopic (exact) mass is 316 g/mol. The third kappa shape index (κ3) is 5.55. The lowest BCUT2D eigenvalue weighted by molar-refractivity contribution is -0.175. The number of para-hydroxylation sites is 1. The number of halogens is 3. The predicted molar refractivity (Wildman–Crippen MR) is 76.6 cm³/mol. The van der Waals surface area contributed by atoms with Crippen molar-refractivity contribution in [2.75, 3.05) is 37.7 Å². The van der Waals surface area contributed by atoms with Crippen LogP contribution in [0.3, 0.4) is 0 Å². The Morgan fingerprint density at radius 3 is 2.73 bits per heavy atom. The van der Waals surface area contributed by atoms with Crippen LogP contribution < -0.4 is 10.2 Å². The van der Waals surface area contributed by atoms with Crippen LogP contribution in [0.4, 0.5) is 18.9 Å². The third-order valence-electron chi connectivity index (χ3n) is 3.49. The van der Waals surface area contributed by atoms with Gasteiger partial charge in [-0.2, -0.15) is 13.2 Å². The maximum absolute atomic E-state index is 11.9. The van der Waals surface area contributed by atoms with Crippen LogP contribution in [-0.4, -0.2) is 44.9 Å². The lowest BCUT2D eigenvalue weighted by Gasteiger charge is -2.18. The molecule has 0 aliphatic carbocycles. The fraction of sp³-hybridized carbons (Fsp3) is 0.533. The number of ether oxygens (including phenoxy) is 1. The molecule has 0 unspecified atom stereocenters. The van der Waals surface area contributed by atoms with E-state index in [1.54, 1.807) is 0 Å². The fourth-order valence-electron chi connectivity index (χ4n) is 2.44. The molecule has 1 heterocycles. The number of hydrogen-bond donors (Lipinski definition) is 1. The molecule has 1 atom stereocenters. The molecule has 0 aromatic heterocycles. The number of nitrogens with one attached hydrogen (secondary N) is 1. The van der Waals surface area contributed by atoms with Crippen LogP contribution in [0, 0.1) is 5.92 Å². The van der Waals surface area contributed by atoms with E-state index in [2.05, 4.69) is 15.0 Å². The molecule has 1 saturated heterocycles. The Balaban J connectivity index is 1.65. The molecule has 1 aliphatic heterocycles. The molecule has 1 fully saturated rings. The Labute approximate surface area is 127 Å². The number of rotatable bonds is 6. The SMILES string of the molecule is O=C(COCC(F)(F)F)NC[C@H]1CCN(c2ccccc2)C1. The predicted octanol–water partition coefficient (Wildman–Crippen LogP) is 2.21. The molecule has 4 nitrogen and oxygen atoms in total. The van der Waals surface area contributed by atoms with Gasteiger partial charge in [-0.15, -0.1) is 0 Å². The second kappa shape index (κ2) is 7.49. The number of amides is 1. The van der Waals surface area contributed by atoms with Gasteiger partial charge in [-0.05, 0) is 24.5 Å². The minimum Gasteiger partial charge on any atom is -0.371 e. The molecule has 22 heavy (non-hydrogen) atoms. The topological polar surface area (TPSA) is 41.6 Å². The molecule has 1 amide bonds. The highest BCUT2D eigenvalue weighted by Crippen LogP contribution is 2.22. The number of carbonyl (C=O) groups excluding carboxylic acids is 1. The largest absolute Gasteiger partial charge is 0.411 e. The van der Waals surface area contributed by atoms with Crippen LogP contribution in [0.25, 0.3) is 0 Å². The lowest BCUT2D eigenvalue weighted by atomic mass is 10.1. The van der Waals surface area contributed by atoms with Crippen molar-refractivity contribution in [3.8, 4) is 0 Å². The first-order chi connectivity index (χ1) is 10.4. The Hall–Kier alpha value is -1.76. The van der Waals surface area contributed by atoms with Gasteiger partial charge in [0.1, 0.15) is 13.2 Å². The van der Waals surface area contributed by atoms with E-state index in [0.717, 1.165) is 25.2 Å². The smallest absolute Gasteiger partial charge is 0.371 e. The second-order valence-corrected chi connectivity index (χ2v) is 5.35. The molecule has 0 spiro atoms. The molecule has 0 radical (unpaired) electrons. The average molecular weight is 316 g/mol. The Kier molecular flexibility index (Phi) is 5.65. The van der Waals surface area contributed by atoms with Crippen LogP contribution in [0.15, 0.2) is 30.3 Å². The molecular weight excluding hydrogens is 297 g/mol. The van der Waals surface area contributed by atoms with Gasteiger partial charge in [0.2, 0.25) is 5.91 Å². The molecule has 122 valence electrons. The van der Waals surface area contributed by atoms with E-state index in [0.29, 0.717) is 12.5 Å². The number of alkyl halides is 3. The summed E-state index contributed by atoms with van der Waals surface area (Å²) in [6, 6.07) is 9.97. The van der Waals surface area contributed by atoms with Crippen molar-refractivity contribution >= 4 is 11.6 Å². The van der Waals surface area contributed by atoms with Crippen molar-refractivity contribution in [1.82, 2.24) is 5.32 Å². The van der Waals surface area contributed by atoms with Crippen molar-refractivity contribution in [3.63, 3.8) is 0 Å². The third-order valence-corrected chi connectivity index (χ3v) is 3.49. The quantitative estimate of drug-likeness (QED) is 0.875. The van der Waals surface area contributed by atoms with Crippen LogP contribution in [0.1, 0.15) is 6.42 Å². The van der Waals surface area contributed by atoms with Gasteiger partial charge in [-0.3, -0.25) is 4.79 Å². The minimum atomic E-state index is -4.40. The summed E-state index contributed by atoms with van der Waals surface area (Å²) in [7, 11) is 0. The first kappa shape index (κ1) is 16.6. The molecular formula is C15H19F3N2O2. The number of anilines is 1. The summed E-state index contributed by atoms with van der Waals surface area (Å²) in [5, 5.41) is 2.62. The number of benzene rings is 1. The van der Waals surface area contributed by atoms with Crippen molar-refractivity contribution in [3.05, 3.63) is 30.3 Å². The van der Waals surface area contributed by atoms with Gasteiger partial charge >= 0.3 is 6.18 Å². The molecule has 7 heteroatoms. The summed E-state index contributed by atoms with van der Waals surface area (Å²) >= 11 is 0. The zero-order chi connectivity index (χ0) is 16.0. The Morgan fingerprint density at radius 1 is 1.32 bits per heavy atom. The average Bonchev–Trinajstić information content (AvgIpc) is 2.94. The van der Waals surface area contributed by atoms with Gasteiger partial charge < -0.3 is 15.0 Å². The highest BCUT2D eigenvalue weighted by molar-refractivity contribution is 5.77. The van der Waals surface area contributed by atoms with E-state index in [4.69, 9.17) is 0 Å². The van der Waals surface area contributed by atoms with Gasteiger partial charge in [0.15, 0.2) is 0 Å². The zero-order valence-electron chi connectivity index (χ0n) is 12.1. The van der Waals surface area contributed by atoms with E-state index >= 15 is 0 Å². The van der Waals surface area contributed by atoms with Crippen LogP contribution >= 0.6 is 0 Å². The van der Waals surface area contributed by atoms with Gasteiger partial charge in [0.25, 0.3) is 0 Å². The molecule has 1 aromatic carbocycles. The van der Waals surface area contributed by atoms with E-state index in [-0.39, 0.29) is 0 Å². The normalized spacial score (nSPS) is 18.5. The van der Waals surface area contributed by atoms with E-state index < -0.39 is 25.3 Å². The van der Waals surface area contributed by atoms with Crippen molar-refractivity contribution in [2.45, 2.75) is 12.6 Å². The van der Waals surface area contributed by atoms with Crippen molar-refractivity contribution in [1.29, 1.82) is 0 Å². The summed E-state index contributed by atoms with van der Waals surface area (Å²) in [5.41, 5.74) is 1.14. The number of carbonyl (C=O) groups is 1. The standard InChI is InChI=1S/C15H19F3N2O2/c16-15(17,18)11-22-10-14(21)19-8-12-6-7-20(9-12)13-4-2-1-3-5-13/h1-5,12H,6-11H2,(H,19,21)/t12-/m1/s1. The van der Waals surface area contributed by atoms with Crippen molar-refractivity contribution < 1.29 is 22.7 Å². The first-order valence-electron chi connectivity index (χ1n) is 7.15. The van der Waals surface area contributed by atoms with Crippen LogP contribution in [-0.2, 0) is 9.53 Å². The second-order valence-electron chi connectivity index (χ2n) is 5.35. The maximum Gasteiger partial charge on any atom is 0.411 e. The summed E-state index contributed by atoms with van der Waals surface area (Å²) in [5.74, 6) is -0.214. The summed E-state index contributed by atoms with van der Waals surface area (Å²) in [4.78, 5) is 13.7. The Morgan fingerprint density at radius 2 is 2.05 bits per heavy atom. The molecule has 0 bridgehead atoms. The highest BCUT2D eigenvalue weighted by Gasteiger charge is 2.28. The Bertz CT molecular complexity index is 479. The fourth-order valence-corrected chi connectivity index (χ4v) is 2.44. The zero-order valence-corrected chi connectivity index (χ0v) is 12.1. The summed E-state index contributed by atoms with van der Waals surface area (Å²) in [6.45, 7) is 0.237. The minimum absolute atomic E-state index is 0.298. The van der Waals surface area contributed by atoms with E-state index in [1.807, 2.05) is 30.3 Å². The van der Waals surface area contributed by atoms with E-state index in [9.17, 15) is 18.0 Å². The molecule has 2 rings (SSSR count). The first-order valence-corrected chi connectivity index (χ1v) is 7.15. The van der Waals surface area contributed by atoms with Gasteiger partial charge in [-0.1, -0.05) is 18.2 Å². The van der Waals surface area contributed by atoms with Crippen LogP contribution in [0.2, 0.25) is 0 Å². The highest BCUT2D eigenvalue weighted by atomic mass is 19.4. The van der Waals surface area contributed by atoms with Gasteiger partial charge in [0, 0.05) is 25.3 Å². The van der Waals surface area contributed by atoms with Gasteiger partial charge in [-0.25, -0.2) is 0 Å². The molecule has 1 aromatic rings. The molecule has 0 saturated carbocycles.